The van der Waals surface area contributed by atoms with E-state index in [1.54, 1.807) is 36.4 Å². The van der Waals surface area contributed by atoms with Crippen LogP contribution >= 0.6 is 11.6 Å². The normalized spacial score (nSPS) is 10.4. The van der Waals surface area contributed by atoms with Crippen molar-refractivity contribution in [3.63, 3.8) is 0 Å². The standard InChI is InChI=1S/C19H20ClFN2O2/c1-13-11-16(20)7-8-18(13)22-19(25)9-10-23(14(2)24)12-15-5-3-4-6-17(15)21/h3-8,11H,9-10,12H2,1-2H3,(H,22,25). The number of hydrogen-bond acceptors (Lipinski definition) is 2. The number of carbonyl (C=O) groups excluding carboxylic acids is 2. The van der Waals surface area contributed by atoms with Gasteiger partial charge in [-0.2, -0.15) is 0 Å². The van der Waals surface area contributed by atoms with Crippen molar-refractivity contribution in [2.75, 3.05) is 11.9 Å². The van der Waals surface area contributed by atoms with E-state index in [-0.39, 0.29) is 37.1 Å². The number of carbonyl (C=O) groups is 2. The Morgan fingerprint density at radius 1 is 1.20 bits per heavy atom. The van der Waals surface area contributed by atoms with Gasteiger partial charge in [0.25, 0.3) is 0 Å². The van der Waals surface area contributed by atoms with Gasteiger partial charge in [0.05, 0.1) is 0 Å². The molecule has 0 aromatic heterocycles. The molecule has 25 heavy (non-hydrogen) atoms. The Balaban J connectivity index is 1.95. The maximum atomic E-state index is 13.7. The number of anilines is 1. The molecule has 1 N–H and O–H groups in total. The van der Waals surface area contributed by atoms with Gasteiger partial charge >= 0.3 is 0 Å². The van der Waals surface area contributed by atoms with Crippen LogP contribution in [0.3, 0.4) is 0 Å². The monoisotopic (exact) mass is 362 g/mol. The van der Waals surface area contributed by atoms with Crippen molar-refractivity contribution in [3.8, 4) is 0 Å². The van der Waals surface area contributed by atoms with E-state index >= 15 is 0 Å². The molecule has 0 spiro atoms. The number of nitrogens with one attached hydrogen (secondary N) is 1. The second kappa shape index (κ2) is 8.62. The first-order valence-electron chi connectivity index (χ1n) is 7.91. The Hall–Kier alpha value is -2.40. The summed E-state index contributed by atoms with van der Waals surface area (Å²) in [4.78, 5) is 25.4. The lowest BCUT2D eigenvalue weighted by molar-refractivity contribution is -0.130. The second-order valence-electron chi connectivity index (χ2n) is 5.79. The van der Waals surface area contributed by atoms with Gasteiger partial charge in [-0.05, 0) is 36.8 Å². The molecule has 0 atom stereocenters. The van der Waals surface area contributed by atoms with E-state index in [0.717, 1.165) is 5.56 Å². The molecule has 2 amide bonds. The summed E-state index contributed by atoms with van der Waals surface area (Å²) in [5.41, 5.74) is 1.96. The Bertz CT molecular complexity index is 780. The molecule has 0 unspecified atom stereocenters. The van der Waals surface area contributed by atoms with Crippen molar-refractivity contribution in [1.29, 1.82) is 0 Å². The van der Waals surface area contributed by atoms with Gasteiger partial charge in [0.1, 0.15) is 5.82 Å². The largest absolute Gasteiger partial charge is 0.338 e. The highest BCUT2D eigenvalue weighted by atomic mass is 35.5. The number of rotatable bonds is 6. The molecule has 0 fully saturated rings. The summed E-state index contributed by atoms with van der Waals surface area (Å²) >= 11 is 5.89. The SMILES string of the molecule is CC(=O)N(CCC(=O)Nc1ccc(Cl)cc1C)Cc1ccccc1F. The number of aryl methyl sites for hydroxylation is 1. The van der Waals surface area contributed by atoms with Gasteiger partial charge in [0.2, 0.25) is 11.8 Å². The van der Waals surface area contributed by atoms with Crippen molar-refractivity contribution < 1.29 is 14.0 Å². The fraction of sp³-hybridized carbons (Fsp3) is 0.263. The molecular weight excluding hydrogens is 343 g/mol. The summed E-state index contributed by atoms with van der Waals surface area (Å²) in [6.07, 6.45) is 0.121. The molecule has 0 aliphatic heterocycles. The third kappa shape index (κ3) is 5.57. The van der Waals surface area contributed by atoms with E-state index in [9.17, 15) is 14.0 Å². The van der Waals surface area contributed by atoms with Crippen LogP contribution in [0.4, 0.5) is 10.1 Å². The lowest BCUT2D eigenvalue weighted by atomic mass is 10.2. The Morgan fingerprint density at radius 2 is 1.92 bits per heavy atom. The molecule has 0 saturated carbocycles. The number of nitrogens with zero attached hydrogens (tertiary/aromatic N) is 1. The molecule has 6 heteroatoms. The smallest absolute Gasteiger partial charge is 0.226 e. The third-order valence-corrected chi connectivity index (χ3v) is 4.07. The first kappa shape index (κ1) is 18.9. The van der Waals surface area contributed by atoms with Crippen LogP contribution in [0.5, 0.6) is 0 Å². The summed E-state index contributed by atoms with van der Waals surface area (Å²) in [5, 5.41) is 3.40. The summed E-state index contributed by atoms with van der Waals surface area (Å²) in [6, 6.07) is 11.5. The zero-order valence-electron chi connectivity index (χ0n) is 14.2. The van der Waals surface area contributed by atoms with Crippen molar-refractivity contribution >= 4 is 29.1 Å². The van der Waals surface area contributed by atoms with Gasteiger partial charge in [-0.25, -0.2) is 4.39 Å². The van der Waals surface area contributed by atoms with Crippen LogP contribution in [-0.2, 0) is 16.1 Å². The zero-order valence-corrected chi connectivity index (χ0v) is 14.9. The Morgan fingerprint density at radius 3 is 2.56 bits per heavy atom. The molecule has 0 bridgehead atoms. The van der Waals surface area contributed by atoms with Gasteiger partial charge in [0, 0.05) is 42.7 Å². The second-order valence-corrected chi connectivity index (χ2v) is 6.23. The zero-order chi connectivity index (χ0) is 18.4. The molecule has 2 aromatic carbocycles. The van der Waals surface area contributed by atoms with Crippen LogP contribution in [0.15, 0.2) is 42.5 Å². The highest BCUT2D eigenvalue weighted by Crippen LogP contribution is 2.19. The highest BCUT2D eigenvalue weighted by Gasteiger charge is 2.14. The number of hydrogen-bond donors (Lipinski definition) is 1. The van der Waals surface area contributed by atoms with Gasteiger partial charge < -0.3 is 10.2 Å². The lowest BCUT2D eigenvalue weighted by Gasteiger charge is -2.21. The topological polar surface area (TPSA) is 49.4 Å². The van der Waals surface area contributed by atoms with Gasteiger partial charge in [0.15, 0.2) is 0 Å². The van der Waals surface area contributed by atoms with E-state index in [1.165, 1.54) is 17.9 Å². The lowest BCUT2D eigenvalue weighted by Crippen LogP contribution is -2.32. The predicted molar refractivity (Wildman–Crippen MR) is 96.9 cm³/mol. The van der Waals surface area contributed by atoms with E-state index < -0.39 is 0 Å². The average Bonchev–Trinajstić information content (AvgIpc) is 2.55. The molecule has 2 aromatic rings. The molecule has 0 aliphatic rings. The maximum absolute atomic E-state index is 13.7. The first-order valence-corrected chi connectivity index (χ1v) is 8.29. The van der Waals surface area contributed by atoms with Gasteiger partial charge in [-0.15, -0.1) is 0 Å². The van der Waals surface area contributed by atoms with Crippen molar-refractivity contribution in [2.24, 2.45) is 0 Å². The van der Waals surface area contributed by atoms with Crippen molar-refractivity contribution in [1.82, 2.24) is 4.90 Å². The van der Waals surface area contributed by atoms with Crippen molar-refractivity contribution in [2.45, 2.75) is 26.8 Å². The summed E-state index contributed by atoms with van der Waals surface area (Å²) in [7, 11) is 0. The minimum Gasteiger partial charge on any atom is -0.338 e. The third-order valence-electron chi connectivity index (χ3n) is 3.84. The van der Waals surface area contributed by atoms with Gasteiger partial charge in [-0.1, -0.05) is 29.8 Å². The molecular formula is C19H20ClFN2O2. The summed E-state index contributed by atoms with van der Waals surface area (Å²) in [6.45, 7) is 3.60. The van der Waals surface area contributed by atoms with E-state index in [0.29, 0.717) is 16.3 Å². The first-order chi connectivity index (χ1) is 11.9. The molecule has 132 valence electrons. The van der Waals surface area contributed by atoms with Crippen LogP contribution < -0.4 is 5.32 Å². The maximum Gasteiger partial charge on any atom is 0.226 e. The van der Waals surface area contributed by atoms with Crippen LogP contribution in [0.1, 0.15) is 24.5 Å². The summed E-state index contributed by atoms with van der Waals surface area (Å²) < 4.78 is 13.7. The van der Waals surface area contributed by atoms with Gasteiger partial charge in [-0.3, -0.25) is 9.59 Å². The van der Waals surface area contributed by atoms with E-state index in [1.807, 2.05) is 6.92 Å². The minimum absolute atomic E-state index is 0.121. The Labute approximate surface area is 151 Å². The number of halogens is 2. The van der Waals surface area contributed by atoms with Crippen LogP contribution in [0.25, 0.3) is 0 Å². The summed E-state index contributed by atoms with van der Waals surface area (Å²) in [5.74, 6) is -0.793. The molecule has 4 nitrogen and oxygen atoms in total. The van der Waals surface area contributed by atoms with Crippen LogP contribution in [0.2, 0.25) is 5.02 Å². The quantitative estimate of drug-likeness (QED) is 0.838. The molecule has 0 aliphatic carbocycles. The van der Waals surface area contributed by atoms with Crippen molar-refractivity contribution in [3.05, 3.63) is 64.4 Å². The minimum atomic E-state index is -0.366. The highest BCUT2D eigenvalue weighted by molar-refractivity contribution is 6.30. The number of benzene rings is 2. The fourth-order valence-electron chi connectivity index (χ4n) is 2.40. The van der Waals surface area contributed by atoms with E-state index in [4.69, 9.17) is 11.6 Å². The molecule has 2 rings (SSSR count). The molecule has 0 heterocycles. The predicted octanol–water partition coefficient (Wildman–Crippen LogP) is 4.16. The molecule has 0 saturated heterocycles. The number of amides is 2. The van der Waals surface area contributed by atoms with Crippen LogP contribution in [-0.4, -0.2) is 23.3 Å². The fourth-order valence-corrected chi connectivity index (χ4v) is 2.62. The Kier molecular flexibility index (Phi) is 6.53. The average molecular weight is 363 g/mol. The molecule has 0 radical (unpaired) electrons. The van der Waals surface area contributed by atoms with Crippen LogP contribution in [0, 0.1) is 12.7 Å². The van der Waals surface area contributed by atoms with E-state index in [2.05, 4.69) is 5.32 Å².